The Morgan fingerprint density at radius 1 is 1.15 bits per heavy atom. The Morgan fingerprint density at radius 3 is 2.48 bits per heavy atom. The van der Waals surface area contributed by atoms with Crippen molar-refractivity contribution in [1.82, 2.24) is 9.80 Å². The number of carbonyl (C=O) groups excluding carboxylic acids is 1. The van der Waals surface area contributed by atoms with E-state index in [1.807, 2.05) is 55.0 Å². The Kier molecular flexibility index (Phi) is 6.88. The van der Waals surface area contributed by atoms with Crippen molar-refractivity contribution in [2.75, 3.05) is 44.0 Å². The molecule has 1 amide bonds. The van der Waals surface area contributed by atoms with E-state index in [1.54, 1.807) is 12.1 Å². The van der Waals surface area contributed by atoms with E-state index in [1.165, 1.54) is 23.1 Å². The van der Waals surface area contributed by atoms with E-state index >= 15 is 0 Å². The van der Waals surface area contributed by atoms with Crippen molar-refractivity contribution in [2.24, 2.45) is 0 Å². The van der Waals surface area contributed by atoms with Crippen LogP contribution in [0, 0.1) is 5.82 Å². The summed E-state index contributed by atoms with van der Waals surface area (Å²) in [4.78, 5) is 16.8. The predicted octanol–water partition coefficient (Wildman–Crippen LogP) is 3.69. The molecule has 27 heavy (non-hydrogen) atoms. The van der Waals surface area contributed by atoms with Crippen LogP contribution in [0.2, 0.25) is 0 Å². The third-order valence-electron chi connectivity index (χ3n) is 4.52. The number of nitrogens with zero attached hydrogens (tertiary/aromatic N) is 2. The largest absolute Gasteiger partial charge is 0.322 e. The Hall–Kier alpha value is -1.89. The minimum absolute atomic E-state index is 0.226. The molecule has 0 radical (unpaired) electrons. The van der Waals surface area contributed by atoms with Gasteiger partial charge in [-0.15, -0.1) is 0 Å². The number of carbonyl (C=O) groups is 1. The zero-order valence-electron chi connectivity index (χ0n) is 15.9. The first kappa shape index (κ1) is 19.9. The summed E-state index contributed by atoms with van der Waals surface area (Å²) in [6.45, 7) is 3.67. The molecule has 1 N–H and O–H groups in total. The van der Waals surface area contributed by atoms with E-state index < -0.39 is 0 Å². The summed E-state index contributed by atoms with van der Waals surface area (Å²) in [5.74, 6) is 1.83. The van der Waals surface area contributed by atoms with Crippen molar-refractivity contribution in [3.05, 3.63) is 65.0 Å². The fraction of sp³-hybridized carbons (Fsp3) is 0.381. The second kappa shape index (κ2) is 9.35. The molecule has 2 aromatic carbocycles. The van der Waals surface area contributed by atoms with E-state index in [0.717, 1.165) is 19.6 Å². The average Bonchev–Trinajstić information content (AvgIpc) is 2.65. The van der Waals surface area contributed by atoms with E-state index in [4.69, 9.17) is 0 Å². The first-order valence-electron chi connectivity index (χ1n) is 9.15. The molecule has 0 atom stereocenters. The normalized spacial score (nSPS) is 15.1. The van der Waals surface area contributed by atoms with Gasteiger partial charge in [0.05, 0.1) is 0 Å². The Bertz CT molecular complexity index is 773. The molecular formula is C21H26FN3OS. The Labute approximate surface area is 164 Å². The maximum Gasteiger partial charge on any atom is 0.255 e. The highest BCUT2D eigenvalue weighted by molar-refractivity contribution is 7.99. The molecule has 6 heteroatoms. The molecule has 144 valence electrons. The molecule has 1 aliphatic rings. The number of thioether (sulfide) groups is 1. The van der Waals surface area contributed by atoms with Crippen molar-refractivity contribution in [3.63, 3.8) is 0 Å². The maximum atomic E-state index is 14.2. The van der Waals surface area contributed by atoms with Crippen LogP contribution < -0.4 is 5.32 Å². The summed E-state index contributed by atoms with van der Waals surface area (Å²) in [5.41, 5.74) is 2.86. The standard InChI is InChI=1S/C21H26FN3OS/c1-24(2)15-18-7-8-19(13-20(18)22)23-21(26)17-5-3-16(4-6-17)14-25-9-11-27-12-10-25/h3-8,13H,9-12,14-15H2,1-2H3,(H,23,26). The quantitative estimate of drug-likeness (QED) is 0.820. The zero-order chi connectivity index (χ0) is 19.2. The van der Waals surface area contributed by atoms with E-state index in [2.05, 4.69) is 10.2 Å². The fourth-order valence-corrected chi connectivity index (χ4v) is 4.05. The fourth-order valence-electron chi connectivity index (χ4n) is 3.08. The molecule has 2 aromatic rings. The van der Waals surface area contributed by atoms with Gasteiger partial charge in [0.2, 0.25) is 0 Å². The number of hydrogen-bond acceptors (Lipinski definition) is 4. The van der Waals surface area contributed by atoms with Gasteiger partial charge < -0.3 is 10.2 Å². The molecule has 1 aliphatic heterocycles. The Morgan fingerprint density at radius 2 is 1.85 bits per heavy atom. The molecule has 0 saturated carbocycles. The third kappa shape index (κ3) is 5.79. The molecule has 0 spiro atoms. The van der Waals surface area contributed by atoms with Gasteiger partial charge in [-0.25, -0.2) is 4.39 Å². The first-order chi connectivity index (χ1) is 13.0. The summed E-state index contributed by atoms with van der Waals surface area (Å²) in [6.07, 6.45) is 0. The second-order valence-electron chi connectivity index (χ2n) is 7.08. The lowest BCUT2D eigenvalue weighted by Crippen LogP contribution is -2.31. The van der Waals surface area contributed by atoms with Crippen LogP contribution in [0.25, 0.3) is 0 Å². The van der Waals surface area contributed by atoms with Crippen molar-refractivity contribution >= 4 is 23.4 Å². The van der Waals surface area contributed by atoms with Crippen molar-refractivity contribution < 1.29 is 9.18 Å². The van der Waals surface area contributed by atoms with Gasteiger partial charge in [-0.2, -0.15) is 11.8 Å². The van der Waals surface area contributed by atoms with Gasteiger partial charge in [-0.3, -0.25) is 9.69 Å². The maximum absolute atomic E-state index is 14.2. The summed E-state index contributed by atoms with van der Waals surface area (Å²) >= 11 is 2.00. The smallest absolute Gasteiger partial charge is 0.255 e. The Balaban J connectivity index is 1.59. The van der Waals surface area contributed by atoms with Crippen LogP contribution in [0.5, 0.6) is 0 Å². The van der Waals surface area contributed by atoms with Crippen LogP contribution in [-0.2, 0) is 13.1 Å². The lowest BCUT2D eigenvalue weighted by atomic mass is 10.1. The second-order valence-corrected chi connectivity index (χ2v) is 8.31. The summed E-state index contributed by atoms with van der Waals surface area (Å²) in [6, 6.07) is 12.5. The zero-order valence-corrected chi connectivity index (χ0v) is 16.7. The SMILES string of the molecule is CN(C)Cc1ccc(NC(=O)c2ccc(CN3CCSCC3)cc2)cc1F. The van der Waals surface area contributed by atoms with Crippen molar-refractivity contribution in [2.45, 2.75) is 13.1 Å². The lowest BCUT2D eigenvalue weighted by Gasteiger charge is -2.26. The predicted molar refractivity (Wildman–Crippen MR) is 111 cm³/mol. The highest BCUT2D eigenvalue weighted by Crippen LogP contribution is 2.18. The van der Waals surface area contributed by atoms with Gasteiger partial charge in [0.25, 0.3) is 5.91 Å². The molecule has 1 saturated heterocycles. The summed E-state index contributed by atoms with van der Waals surface area (Å²) < 4.78 is 14.2. The van der Waals surface area contributed by atoms with Crippen LogP contribution in [0.15, 0.2) is 42.5 Å². The van der Waals surface area contributed by atoms with Gasteiger partial charge in [-0.05, 0) is 43.9 Å². The molecular weight excluding hydrogens is 361 g/mol. The van der Waals surface area contributed by atoms with Gasteiger partial charge >= 0.3 is 0 Å². The van der Waals surface area contributed by atoms with Crippen LogP contribution >= 0.6 is 11.8 Å². The summed E-state index contributed by atoms with van der Waals surface area (Å²) in [5, 5.41) is 2.77. The van der Waals surface area contributed by atoms with Crippen LogP contribution in [0.1, 0.15) is 21.5 Å². The molecule has 0 bridgehead atoms. The highest BCUT2D eigenvalue weighted by atomic mass is 32.2. The van der Waals surface area contributed by atoms with Crippen LogP contribution in [0.4, 0.5) is 10.1 Å². The van der Waals surface area contributed by atoms with Gasteiger partial charge in [0, 0.05) is 54.5 Å². The summed E-state index contributed by atoms with van der Waals surface area (Å²) in [7, 11) is 3.78. The number of halogens is 1. The first-order valence-corrected chi connectivity index (χ1v) is 10.3. The van der Waals surface area contributed by atoms with Gasteiger partial charge in [0.1, 0.15) is 5.82 Å². The number of anilines is 1. The highest BCUT2D eigenvalue weighted by Gasteiger charge is 2.12. The molecule has 1 fully saturated rings. The van der Waals surface area contributed by atoms with Crippen LogP contribution in [0.3, 0.4) is 0 Å². The topological polar surface area (TPSA) is 35.6 Å². The average molecular weight is 388 g/mol. The van der Waals surface area contributed by atoms with Crippen molar-refractivity contribution in [1.29, 1.82) is 0 Å². The number of benzene rings is 2. The number of nitrogens with one attached hydrogen (secondary N) is 1. The number of amides is 1. The molecule has 0 aliphatic carbocycles. The minimum atomic E-state index is -0.309. The lowest BCUT2D eigenvalue weighted by molar-refractivity contribution is 0.102. The van der Waals surface area contributed by atoms with E-state index in [0.29, 0.717) is 23.4 Å². The van der Waals surface area contributed by atoms with Crippen molar-refractivity contribution in [3.8, 4) is 0 Å². The minimum Gasteiger partial charge on any atom is -0.322 e. The van der Waals surface area contributed by atoms with Gasteiger partial charge in [-0.1, -0.05) is 18.2 Å². The third-order valence-corrected chi connectivity index (χ3v) is 5.47. The molecule has 0 unspecified atom stereocenters. The van der Waals surface area contributed by atoms with E-state index in [-0.39, 0.29) is 11.7 Å². The number of hydrogen-bond donors (Lipinski definition) is 1. The number of rotatable bonds is 6. The van der Waals surface area contributed by atoms with E-state index in [9.17, 15) is 9.18 Å². The molecule has 4 nitrogen and oxygen atoms in total. The van der Waals surface area contributed by atoms with Crippen LogP contribution in [-0.4, -0.2) is 54.4 Å². The molecule has 0 aromatic heterocycles. The van der Waals surface area contributed by atoms with Gasteiger partial charge in [0.15, 0.2) is 0 Å². The molecule has 1 heterocycles. The molecule has 3 rings (SSSR count). The monoisotopic (exact) mass is 387 g/mol.